The van der Waals surface area contributed by atoms with Crippen LogP contribution in [0.15, 0.2) is 64.2 Å². The number of thiophene rings is 1. The predicted octanol–water partition coefficient (Wildman–Crippen LogP) is 4.05. The monoisotopic (exact) mass is 607 g/mol. The van der Waals surface area contributed by atoms with Crippen molar-refractivity contribution in [1.82, 2.24) is 29.7 Å². The molecule has 222 valence electrons. The molecule has 0 radical (unpaired) electrons. The quantitative estimate of drug-likeness (QED) is 0.255. The molecule has 0 spiro atoms. The molecular formula is C29H27F2N7O4S. The first-order valence-electron chi connectivity index (χ1n) is 13.0. The van der Waals surface area contributed by atoms with Crippen molar-refractivity contribution in [2.24, 2.45) is 0 Å². The molecule has 0 bridgehead atoms. The average Bonchev–Trinajstić information content (AvgIpc) is 3.32. The van der Waals surface area contributed by atoms with Gasteiger partial charge in [-0.1, -0.05) is 18.2 Å². The number of halogens is 2. The Kier molecular flexibility index (Phi) is 8.43. The molecule has 0 aliphatic heterocycles. The van der Waals surface area contributed by atoms with Gasteiger partial charge < -0.3 is 10.2 Å². The van der Waals surface area contributed by atoms with Gasteiger partial charge in [0.05, 0.1) is 24.7 Å². The molecule has 0 saturated heterocycles. The average molecular weight is 608 g/mol. The topological polar surface area (TPSA) is 123 Å². The molecule has 5 aromatic rings. The van der Waals surface area contributed by atoms with Gasteiger partial charge in [0, 0.05) is 22.7 Å². The van der Waals surface area contributed by atoms with Crippen molar-refractivity contribution >= 4 is 33.3 Å². The first-order valence-corrected chi connectivity index (χ1v) is 13.8. The van der Waals surface area contributed by atoms with Crippen LogP contribution in [0.1, 0.15) is 16.8 Å². The van der Waals surface area contributed by atoms with Crippen molar-refractivity contribution in [1.29, 1.82) is 0 Å². The summed E-state index contributed by atoms with van der Waals surface area (Å²) in [6.07, 6.45) is 0. The van der Waals surface area contributed by atoms with E-state index in [2.05, 4.69) is 25.8 Å². The van der Waals surface area contributed by atoms with Gasteiger partial charge in [0.2, 0.25) is 0 Å². The van der Waals surface area contributed by atoms with Gasteiger partial charge in [-0.05, 0) is 68.5 Å². The minimum Gasteiger partial charge on any atom is -0.306 e. The molecule has 2 aromatic carbocycles. The summed E-state index contributed by atoms with van der Waals surface area (Å²) in [5.41, 5.74) is 2.79. The molecule has 43 heavy (non-hydrogen) atoms. The summed E-state index contributed by atoms with van der Waals surface area (Å²) in [7, 11) is 4.99. The van der Waals surface area contributed by atoms with Crippen molar-refractivity contribution in [2.75, 3.05) is 26.5 Å². The largest absolute Gasteiger partial charge is 0.343 e. The number of aryl methyl sites for hydroxylation is 1. The number of carbonyl (C=O) groups excluding carboxylic acids is 1. The van der Waals surface area contributed by atoms with Crippen molar-refractivity contribution < 1.29 is 18.4 Å². The third-order valence-electron chi connectivity index (χ3n) is 6.54. The second-order valence-electron chi connectivity index (χ2n) is 9.91. The lowest BCUT2D eigenvalue weighted by Crippen LogP contribution is -2.39. The Labute approximate surface area is 247 Å². The van der Waals surface area contributed by atoms with Crippen LogP contribution in [-0.4, -0.2) is 51.5 Å². The van der Waals surface area contributed by atoms with Crippen molar-refractivity contribution in [3.8, 4) is 16.3 Å². The fourth-order valence-electron chi connectivity index (χ4n) is 4.62. The summed E-state index contributed by atoms with van der Waals surface area (Å²) in [6, 6.07) is 12.9. The van der Waals surface area contributed by atoms with Crippen LogP contribution in [0.5, 0.6) is 0 Å². The van der Waals surface area contributed by atoms with Gasteiger partial charge >= 0.3 is 11.7 Å². The number of amides is 2. The number of benzene rings is 2. The Balaban J connectivity index is 1.79. The van der Waals surface area contributed by atoms with Gasteiger partial charge in [-0.25, -0.2) is 28.4 Å². The second kappa shape index (κ2) is 12.2. The van der Waals surface area contributed by atoms with Gasteiger partial charge in [0.25, 0.3) is 5.56 Å². The van der Waals surface area contributed by atoms with Gasteiger partial charge in [-0.3, -0.25) is 14.2 Å². The van der Waals surface area contributed by atoms with E-state index < -0.39 is 35.5 Å². The lowest BCUT2D eigenvalue weighted by molar-refractivity contribution is 0.114. The Morgan fingerprint density at radius 1 is 1.00 bits per heavy atom. The zero-order chi connectivity index (χ0) is 30.8. The van der Waals surface area contributed by atoms with E-state index >= 15 is 0 Å². The number of hydroxylamine groups is 1. The van der Waals surface area contributed by atoms with Gasteiger partial charge in [0.1, 0.15) is 16.5 Å². The molecule has 14 heteroatoms. The third-order valence-corrected chi connectivity index (χ3v) is 7.84. The number of urea groups is 1. The highest BCUT2D eigenvalue weighted by Gasteiger charge is 2.25. The number of rotatable bonds is 8. The van der Waals surface area contributed by atoms with Crippen molar-refractivity contribution in [3.05, 3.63) is 104 Å². The zero-order valence-corrected chi connectivity index (χ0v) is 24.5. The predicted molar refractivity (Wildman–Crippen MR) is 159 cm³/mol. The molecule has 3 heterocycles. The maximum atomic E-state index is 14.8. The van der Waals surface area contributed by atoms with E-state index in [0.29, 0.717) is 33.9 Å². The van der Waals surface area contributed by atoms with Crippen LogP contribution in [0.2, 0.25) is 0 Å². The maximum absolute atomic E-state index is 14.8. The molecule has 0 aliphatic carbocycles. The molecule has 5 rings (SSSR count). The van der Waals surface area contributed by atoms with Crippen molar-refractivity contribution in [3.63, 3.8) is 0 Å². The molecule has 11 nitrogen and oxygen atoms in total. The lowest BCUT2D eigenvalue weighted by Gasteiger charge is -2.14. The molecule has 2 amide bonds. The Morgan fingerprint density at radius 3 is 2.30 bits per heavy atom. The summed E-state index contributed by atoms with van der Waals surface area (Å²) in [5.74, 6) is -1.66. The number of carbonyl (C=O) groups is 1. The van der Waals surface area contributed by atoms with E-state index in [-0.39, 0.29) is 21.6 Å². The maximum Gasteiger partial charge on any atom is 0.343 e. The Bertz CT molecular complexity index is 1910. The second-order valence-corrected chi connectivity index (χ2v) is 10.9. The van der Waals surface area contributed by atoms with Gasteiger partial charge in [0.15, 0.2) is 5.82 Å². The summed E-state index contributed by atoms with van der Waals surface area (Å²) in [4.78, 5) is 47.3. The van der Waals surface area contributed by atoms with Crippen LogP contribution in [0.25, 0.3) is 26.5 Å². The van der Waals surface area contributed by atoms with Crippen LogP contribution >= 0.6 is 11.3 Å². The van der Waals surface area contributed by atoms with Crippen LogP contribution in [0.4, 0.5) is 19.3 Å². The Morgan fingerprint density at radius 2 is 1.70 bits per heavy atom. The first kappa shape index (κ1) is 29.7. The smallest absolute Gasteiger partial charge is 0.306 e. The third kappa shape index (κ3) is 5.93. The number of hydrogen-bond donors (Lipinski definition) is 2. The van der Waals surface area contributed by atoms with E-state index in [4.69, 9.17) is 0 Å². The summed E-state index contributed by atoms with van der Waals surface area (Å²) in [6.45, 7) is 1.56. The minimum atomic E-state index is -0.821. The van der Waals surface area contributed by atoms with Crippen LogP contribution in [0, 0.1) is 18.6 Å². The normalized spacial score (nSPS) is 11.3. The molecule has 3 aromatic heterocycles. The van der Waals surface area contributed by atoms with E-state index in [1.807, 2.05) is 19.0 Å². The summed E-state index contributed by atoms with van der Waals surface area (Å²) in [5, 5.41) is 10.9. The van der Waals surface area contributed by atoms with E-state index in [0.717, 1.165) is 28.0 Å². The molecular weight excluding hydrogens is 580 g/mol. The zero-order valence-electron chi connectivity index (χ0n) is 23.6. The number of hydrogen-bond acceptors (Lipinski definition) is 8. The SMILES string of the molecule is CONC(=O)Nc1ccc(-c2sc3c(c2CN(C)C)c(=O)n(-c2ccc(C)nn2)c(=O)n3Cc2c(F)cccc2F)cc1. The van der Waals surface area contributed by atoms with Crippen LogP contribution in [0.3, 0.4) is 0 Å². The molecule has 0 saturated carbocycles. The van der Waals surface area contributed by atoms with E-state index in [9.17, 15) is 23.2 Å². The summed E-state index contributed by atoms with van der Waals surface area (Å²) < 4.78 is 31.7. The fraction of sp³-hybridized carbons (Fsp3) is 0.207. The molecule has 0 unspecified atom stereocenters. The number of anilines is 1. The molecule has 2 N–H and O–H groups in total. The minimum absolute atomic E-state index is 0.0152. The number of nitrogens with zero attached hydrogens (tertiary/aromatic N) is 5. The number of fused-ring (bicyclic) bond motifs is 1. The molecule has 0 aliphatic rings. The fourth-order valence-corrected chi connectivity index (χ4v) is 5.92. The van der Waals surface area contributed by atoms with Gasteiger partial charge in [-0.2, -0.15) is 5.10 Å². The van der Waals surface area contributed by atoms with E-state index in [1.165, 1.54) is 23.8 Å². The number of aromatic nitrogens is 4. The van der Waals surface area contributed by atoms with Crippen molar-refractivity contribution in [2.45, 2.75) is 20.0 Å². The lowest BCUT2D eigenvalue weighted by atomic mass is 10.1. The molecule has 0 fully saturated rings. The highest BCUT2D eigenvalue weighted by molar-refractivity contribution is 7.22. The van der Waals surface area contributed by atoms with E-state index in [1.54, 1.807) is 37.3 Å². The first-order chi connectivity index (χ1) is 20.6. The summed E-state index contributed by atoms with van der Waals surface area (Å²) >= 11 is 1.16. The molecule has 0 atom stereocenters. The van der Waals surface area contributed by atoms with Crippen LogP contribution in [-0.2, 0) is 17.9 Å². The highest BCUT2D eigenvalue weighted by atomic mass is 32.1. The van der Waals surface area contributed by atoms with Gasteiger partial charge in [-0.15, -0.1) is 16.4 Å². The Hall–Kier alpha value is -4.79. The van der Waals surface area contributed by atoms with Crippen LogP contribution < -0.4 is 22.0 Å². The standard InChI is InChI=1S/C29H27F2N7O4S/c1-16-8-13-23(34-33-16)38-26(39)24-20(14-36(2)3)25(17-9-11-18(12-10-17)32-28(40)35-42-4)43-27(24)37(29(38)41)15-19-21(30)6-5-7-22(19)31/h5-13H,14-15H2,1-4H3,(H2,32,35,40). The highest BCUT2D eigenvalue weighted by Crippen LogP contribution is 2.38. The number of nitrogens with one attached hydrogen (secondary N) is 2.